The van der Waals surface area contributed by atoms with Crippen molar-refractivity contribution in [2.75, 3.05) is 26.2 Å². The molecule has 0 spiro atoms. The average Bonchev–Trinajstić information content (AvgIpc) is 3.33. The second kappa shape index (κ2) is 7.73. The maximum absolute atomic E-state index is 12.7. The number of rotatable bonds is 6. The summed E-state index contributed by atoms with van der Waals surface area (Å²) >= 11 is 0. The minimum absolute atomic E-state index is 0.0323. The second-order valence-electron chi connectivity index (χ2n) is 7.43. The maximum Gasteiger partial charge on any atom is 0.281 e. The highest BCUT2D eigenvalue weighted by Crippen LogP contribution is 2.30. The molecule has 0 atom stereocenters. The van der Waals surface area contributed by atoms with Crippen LogP contribution in [0.15, 0.2) is 30.5 Å². The van der Waals surface area contributed by atoms with Crippen molar-refractivity contribution in [3.63, 3.8) is 0 Å². The van der Waals surface area contributed by atoms with Gasteiger partial charge in [-0.15, -0.1) is 0 Å². The molecule has 1 aromatic heterocycles. The number of benzene rings is 1. The molecule has 0 radical (unpaired) electrons. The predicted molar refractivity (Wildman–Crippen MR) is 106 cm³/mol. The molecular formula is C19H26N4O4S. The largest absolute Gasteiger partial charge is 0.490 e. The molecule has 1 aromatic carbocycles. The van der Waals surface area contributed by atoms with Gasteiger partial charge in [0.25, 0.3) is 10.2 Å². The summed E-state index contributed by atoms with van der Waals surface area (Å²) in [6.45, 7) is 2.33. The van der Waals surface area contributed by atoms with Gasteiger partial charge in [0.05, 0.1) is 5.52 Å². The monoisotopic (exact) mass is 406 g/mol. The molecule has 152 valence electrons. The van der Waals surface area contributed by atoms with Crippen LogP contribution in [0.5, 0.6) is 5.75 Å². The molecule has 4 rings (SSSR count). The topological polar surface area (TPSA) is 97.9 Å². The van der Waals surface area contributed by atoms with E-state index < -0.39 is 16.1 Å². The Balaban J connectivity index is 1.42. The Labute approximate surface area is 165 Å². The zero-order valence-electron chi connectivity index (χ0n) is 15.8. The Morgan fingerprint density at radius 3 is 2.43 bits per heavy atom. The Morgan fingerprint density at radius 2 is 1.75 bits per heavy atom. The lowest BCUT2D eigenvalue weighted by Gasteiger charge is -2.33. The number of ether oxygens (including phenoxy) is 1. The Morgan fingerprint density at radius 1 is 1.07 bits per heavy atom. The Kier molecular flexibility index (Phi) is 5.31. The third-order valence-electron chi connectivity index (χ3n) is 5.51. The maximum atomic E-state index is 12.7. The van der Waals surface area contributed by atoms with Crippen LogP contribution in [0.4, 0.5) is 0 Å². The third kappa shape index (κ3) is 3.74. The van der Waals surface area contributed by atoms with E-state index >= 15 is 0 Å². The fourth-order valence-electron chi connectivity index (χ4n) is 4.05. The highest BCUT2D eigenvalue weighted by Gasteiger charge is 2.34. The van der Waals surface area contributed by atoms with E-state index in [9.17, 15) is 13.2 Å². The van der Waals surface area contributed by atoms with Crippen LogP contribution in [0.2, 0.25) is 0 Å². The summed E-state index contributed by atoms with van der Waals surface area (Å²) in [6.07, 6.45) is 5.00. The first kappa shape index (κ1) is 19.2. The van der Waals surface area contributed by atoms with E-state index in [-0.39, 0.29) is 12.6 Å². The van der Waals surface area contributed by atoms with Gasteiger partial charge in [-0.2, -0.15) is 17.0 Å². The molecule has 28 heavy (non-hydrogen) atoms. The van der Waals surface area contributed by atoms with E-state index in [4.69, 9.17) is 10.5 Å². The van der Waals surface area contributed by atoms with E-state index in [1.807, 2.05) is 30.5 Å². The molecule has 1 amide bonds. The molecule has 3 heterocycles. The van der Waals surface area contributed by atoms with Crippen LogP contribution >= 0.6 is 0 Å². The number of fused-ring (bicyclic) bond motifs is 1. The second-order valence-corrected chi connectivity index (χ2v) is 9.36. The number of hydrogen-bond acceptors (Lipinski definition) is 4. The zero-order chi connectivity index (χ0) is 19.7. The fourth-order valence-corrected chi connectivity index (χ4v) is 5.76. The summed E-state index contributed by atoms with van der Waals surface area (Å²) in [5.74, 6) is 0.358. The molecule has 2 aliphatic heterocycles. The van der Waals surface area contributed by atoms with Crippen LogP contribution in [-0.2, 0) is 21.5 Å². The SMILES string of the molecule is NC(=O)Cn1ccc2c(OC3CCN(S(=O)(=O)N4CCCC4)CC3)cccc21. The van der Waals surface area contributed by atoms with Crippen molar-refractivity contribution < 1.29 is 17.9 Å². The van der Waals surface area contributed by atoms with Gasteiger partial charge in [0.15, 0.2) is 0 Å². The molecule has 2 saturated heterocycles. The number of piperidine rings is 1. The molecule has 8 nitrogen and oxygen atoms in total. The van der Waals surface area contributed by atoms with Crippen molar-refractivity contribution in [1.82, 2.24) is 13.2 Å². The van der Waals surface area contributed by atoms with Gasteiger partial charge < -0.3 is 15.0 Å². The molecule has 0 unspecified atom stereocenters. The highest BCUT2D eigenvalue weighted by molar-refractivity contribution is 7.86. The highest BCUT2D eigenvalue weighted by atomic mass is 32.2. The minimum Gasteiger partial charge on any atom is -0.490 e. The molecule has 0 aliphatic carbocycles. The molecule has 2 aliphatic rings. The van der Waals surface area contributed by atoms with Crippen LogP contribution in [0.25, 0.3) is 10.9 Å². The molecule has 0 bridgehead atoms. The van der Waals surface area contributed by atoms with Crippen LogP contribution < -0.4 is 10.5 Å². The lowest BCUT2D eigenvalue weighted by molar-refractivity contribution is -0.118. The smallest absolute Gasteiger partial charge is 0.281 e. The first-order valence-corrected chi connectivity index (χ1v) is 11.1. The van der Waals surface area contributed by atoms with Gasteiger partial charge in [-0.05, 0) is 43.9 Å². The van der Waals surface area contributed by atoms with Crippen molar-refractivity contribution >= 4 is 27.0 Å². The number of aromatic nitrogens is 1. The van der Waals surface area contributed by atoms with Crippen molar-refractivity contribution in [3.05, 3.63) is 30.5 Å². The van der Waals surface area contributed by atoms with Gasteiger partial charge in [0, 0.05) is 37.8 Å². The zero-order valence-corrected chi connectivity index (χ0v) is 16.6. The van der Waals surface area contributed by atoms with E-state index in [0.29, 0.717) is 39.0 Å². The summed E-state index contributed by atoms with van der Waals surface area (Å²) in [6, 6.07) is 7.64. The Bertz CT molecular complexity index is 957. The summed E-state index contributed by atoms with van der Waals surface area (Å²) < 4.78 is 36.6. The van der Waals surface area contributed by atoms with E-state index in [2.05, 4.69) is 0 Å². The quantitative estimate of drug-likeness (QED) is 0.782. The molecule has 2 aromatic rings. The number of primary amides is 1. The van der Waals surface area contributed by atoms with Crippen molar-refractivity contribution in [1.29, 1.82) is 0 Å². The number of nitrogens with zero attached hydrogens (tertiary/aromatic N) is 3. The number of nitrogens with two attached hydrogens (primary N) is 1. The number of hydrogen-bond donors (Lipinski definition) is 1. The summed E-state index contributed by atoms with van der Waals surface area (Å²) in [4.78, 5) is 11.2. The van der Waals surface area contributed by atoms with E-state index in [1.54, 1.807) is 13.2 Å². The summed E-state index contributed by atoms with van der Waals surface area (Å²) in [7, 11) is -3.34. The third-order valence-corrected chi connectivity index (χ3v) is 7.55. The summed E-state index contributed by atoms with van der Waals surface area (Å²) in [5, 5.41) is 0.927. The number of amides is 1. The van der Waals surface area contributed by atoms with Crippen LogP contribution in [0.1, 0.15) is 25.7 Å². The molecule has 0 saturated carbocycles. The number of carbonyl (C=O) groups excluding carboxylic acids is 1. The fraction of sp³-hybridized carbons (Fsp3) is 0.526. The minimum atomic E-state index is -3.34. The van der Waals surface area contributed by atoms with Gasteiger partial charge in [0.2, 0.25) is 5.91 Å². The van der Waals surface area contributed by atoms with Crippen molar-refractivity contribution in [2.45, 2.75) is 38.3 Å². The molecule has 2 N–H and O–H groups in total. The van der Waals surface area contributed by atoms with Gasteiger partial charge >= 0.3 is 0 Å². The lowest BCUT2D eigenvalue weighted by atomic mass is 10.1. The van der Waals surface area contributed by atoms with Gasteiger partial charge in [0.1, 0.15) is 18.4 Å². The summed E-state index contributed by atoms with van der Waals surface area (Å²) in [5.41, 5.74) is 6.20. The van der Waals surface area contributed by atoms with Gasteiger partial charge in [-0.3, -0.25) is 4.79 Å². The first-order chi connectivity index (χ1) is 13.4. The molecule has 9 heteroatoms. The normalized spacial score (nSPS) is 20.0. The number of carbonyl (C=O) groups is 1. The predicted octanol–water partition coefficient (Wildman–Crippen LogP) is 1.31. The van der Waals surface area contributed by atoms with Gasteiger partial charge in [-0.1, -0.05) is 6.07 Å². The van der Waals surface area contributed by atoms with Crippen molar-refractivity contribution in [3.8, 4) is 5.75 Å². The molecular weight excluding hydrogens is 380 g/mol. The standard InChI is InChI=1S/C19H26N4O4S/c20-19(24)14-21-11-8-16-17(21)4-3-5-18(16)27-15-6-12-23(13-7-15)28(25,26)22-9-1-2-10-22/h3-5,8,11,15H,1-2,6-7,9-10,12-14H2,(H2,20,24). The average molecular weight is 407 g/mol. The van der Waals surface area contributed by atoms with E-state index in [1.165, 1.54) is 0 Å². The van der Waals surface area contributed by atoms with Crippen LogP contribution in [0, 0.1) is 0 Å². The Hall–Kier alpha value is -2.10. The first-order valence-electron chi connectivity index (χ1n) is 9.73. The molecule has 2 fully saturated rings. The van der Waals surface area contributed by atoms with Crippen LogP contribution in [0.3, 0.4) is 0 Å². The van der Waals surface area contributed by atoms with Gasteiger partial charge in [-0.25, -0.2) is 0 Å². The lowest BCUT2D eigenvalue weighted by Crippen LogP contribution is -2.47. The van der Waals surface area contributed by atoms with E-state index in [0.717, 1.165) is 29.5 Å². The van der Waals surface area contributed by atoms with Crippen molar-refractivity contribution in [2.24, 2.45) is 5.73 Å². The van der Waals surface area contributed by atoms with Crippen LogP contribution in [-0.4, -0.2) is 59.8 Å².